The lowest BCUT2D eigenvalue weighted by Gasteiger charge is -2.46. The summed E-state index contributed by atoms with van der Waals surface area (Å²) in [5.74, 6) is 0.257. The van der Waals surface area contributed by atoms with E-state index in [4.69, 9.17) is 0 Å². The van der Waals surface area contributed by atoms with E-state index >= 15 is 0 Å². The van der Waals surface area contributed by atoms with Crippen LogP contribution in [0.5, 0.6) is 5.75 Å². The average molecular weight is 248 g/mol. The lowest BCUT2D eigenvalue weighted by Crippen LogP contribution is -2.62. The highest BCUT2D eigenvalue weighted by Crippen LogP contribution is 2.26. The fourth-order valence-corrected chi connectivity index (χ4v) is 2.61. The van der Waals surface area contributed by atoms with Crippen molar-refractivity contribution in [3.05, 3.63) is 17.7 Å². The van der Waals surface area contributed by atoms with Crippen LogP contribution >= 0.6 is 0 Å². The van der Waals surface area contributed by atoms with Crippen LogP contribution in [-0.4, -0.2) is 51.6 Å². The lowest BCUT2D eigenvalue weighted by molar-refractivity contribution is 0.0500. The Labute approximate surface area is 105 Å². The van der Waals surface area contributed by atoms with E-state index in [1.807, 2.05) is 0 Å². The van der Waals surface area contributed by atoms with E-state index in [0.29, 0.717) is 17.7 Å². The smallest absolute Gasteiger partial charge is 0.276 e. The number of aromatic hydroxyl groups is 1. The van der Waals surface area contributed by atoms with Crippen molar-refractivity contribution < 1.29 is 9.90 Å². The highest BCUT2D eigenvalue weighted by atomic mass is 16.3. The van der Waals surface area contributed by atoms with Crippen LogP contribution in [0.2, 0.25) is 0 Å². The van der Waals surface area contributed by atoms with Gasteiger partial charge in [-0.25, -0.2) is 9.97 Å². The molecule has 2 fully saturated rings. The zero-order chi connectivity index (χ0) is 12.7. The number of rotatable bonds is 1. The first-order chi connectivity index (χ1) is 8.66. The van der Waals surface area contributed by atoms with Gasteiger partial charge in [0, 0.05) is 31.6 Å². The zero-order valence-corrected chi connectivity index (χ0v) is 10.3. The monoisotopic (exact) mass is 248 g/mol. The van der Waals surface area contributed by atoms with Gasteiger partial charge >= 0.3 is 0 Å². The van der Waals surface area contributed by atoms with Crippen molar-refractivity contribution in [2.45, 2.75) is 19.4 Å². The van der Waals surface area contributed by atoms with Crippen molar-refractivity contribution in [2.75, 3.05) is 19.6 Å². The normalized spacial score (nSPS) is 26.4. The summed E-state index contributed by atoms with van der Waals surface area (Å²) in [6, 6.07) is 0.565. The number of aryl methyl sites for hydroxylation is 1. The molecule has 2 aliphatic rings. The molecule has 0 aromatic carbocycles. The largest absolute Gasteiger partial charge is 0.504 e. The van der Waals surface area contributed by atoms with Gasteiger partial charge in [-0.1, -0.05) is 0 Å². The molecule has 1 aromatic heterocycles. The number of piperidine rings is 1. The second-order valence-electron chi connectivity index (χ2n) is 4.97. The molecule has 0 bridgehead atoms. The van der Waals surface area contributed by atoms with Crippen LogP contribution in [0.4, 0.5) is 0 Å². The van der Waals surface area contributed by atoms with Gasteiger partial charge in [-0.2, -0.15) is 0 Å². The third kappa shape index (κ3) is 1.73. The zero-order valence-electron chi connectivity index (χ0n) is 10.3. The second-order valence-corrected chi connectivity index (χ2v) is 4.97. The number of likely N-dealkylation sites (tertiary alicyclic amines) is 1. The molecular weight excluding hydrogens is 232 g/mol. The Morgan fingerprint density at radius 2 is 2.39 bits per heavy atom. The number of carbonyl (C=O) groups is 1. The molecule has 2 N–H and O–H groups in total. The molecule has 18 heavy (non-hydrogen) atoms. The number of hydrogen-bond donors (Lipinski definition) is 2. The summed E-state index contributed by atoms with van der Waals surface area (Å²) in [4.78, 5) is 21.9. The minimum Gasteiger partial charge on any atom is -0.504 e. The quantitative estimate of drug-likeness (QED) is 0.727. The summed E-state index contributed by atoms with van der Waals surface area (Å²) in [6.45, 7) is 4.10. The second kappa shape index (κ2) is 4.20. The first kappa shape index (κ1) is 11.4. The van der Waals surface area contributed by atoms with E-state index in [9.17, 15) is 9.90 Å². The van der Waals surface area contributed by atoms with Crippen molar-refractivity contribution in [2.24, 2.45) is 5.92 Å². The molecule has 2 aliphatic heterocycles. The van der Waals surface area contributed by atoms with Crippen molar-refractivity contribution in [3.63, 3.8) is 0 Å². The topological polar surface area (TPSA) is 78.4 Å². The summed E-state index contributed by atoms with van der Waals surface area (Å²) in [5.41, 5.74) is 0.557. The Morgan fingerprint density at radius 3 is 3.06 bits per heavy atom. The maximum absolute atomic E-state index is 12.3. The van der Waals surface area contributed by atoms with Gasteiger partial charge in [0.2, 0.25) is 0 Å². The van der Waals surface area contributed by atoms with Gasteiger partial charge in [0.05, 0.1) is 5.69 Å². The van der Waals surface area contributed by atoms with Crippen molar-refractivity contribution in [1.29, 1.82) is 0 Å². The van der Waals surface area contributed by atoms with Gasteiger partial charge in [0.25, 0.3) is 5.91 Å². The van der Waals surface area contributed by atoms with Gasteiger partial charge in [-0.3, -0.25) is 4.79 Å². The van der Waals surface area contributed by atoms with Gasteiger partial charge < -0.3 is 15.3 Å². The Morgan fingerprint density at radius 1 is 1.56 bits per heavy atom. The van der Waals surface area contributed by atoms with Crippen LogP contribution in [-0.2, 0) is 0 Å². The van der Waals surface area contributed by atoms with E-state index in [2.05, 4.69) is 15.3 Å². The van der Waals surface area contributed by atoms with Gasteiger partial charge in [-0.05, 0) is 13.3 Å². The number of fused-ring (bicyclic) bond motifs is 1. The molecule has 3 rings (SSSR count). The maximum atomic E-state index is 12.3. The summed E-state index contributed by atoms with van der Waals surface area (Å²) >= 11 is 0. The molecule has 3 heterocycles. The van der Waals surface area contributed by atoms with Gasteiger partial charge in [-0.15, -0.1) is 0 Å². The Hall–Kier alpha value is -1.69. The highest BCUT2D eigenvalue weighted by molar-refractivity contribution is 5.95. The first-order valence-corrected chi connectivity index (χ1v) is 6.20. The molecule has 6 nitrogen and oxygen atoms in total. The minimum absolute atomic E-state index is 0.101. The Balaban J connectivity index is 1.79. The summed E-state index contributed by atoms with van der Waals surface area (Å²) in [6.07, 6.45) is 2.29. The predicted octanol–water partition coefficient (Wildman–Crippen LogP) is -0.0755. The predicted molar refractivity (Wildman–Crippen MR) is 64.2 cm³/mol. The molecule has 6 heteroatoms. The fraction of sp³-hybridized carbons (Fsp3) is 0.583. The maximum Gasteiger partial charge on any atom is 0.276 e. The molecule has 0 saturated carbocycles. The number of amides is 1. The van der Waals surface area contributed by atoms with Crippen LogP contribution < -0.4 is 5.32 Å². The molecule has 2 saturated heterocycles. The number of hydrogen-bond acceptors (Lipinski definition) is 5. The summed E-state index contributed by atoms with van der Waals surface area (Å²) in [7, 11) is 0. The van der Waals surface area contributed by atoms with E-state index < -0.39 is 0 Å². The van der Waals surface area contributed by atoms with Crippen LogP contribution in [0.3, 0.4) is 0 Å². The molecule has 0 aliphatic carbocycles. The summed E-state index contributed by atoms with van der Waals surface area (Å²) in [5, 5.41) is 13.2. The number of nitrogens with zero attached hydrogens (tertiary/aromatic N) is 3. The molecule has 96 valence electrons. The minimum atomic E-state index is -0.191. The highest BCUT2D eigenvalue weighted by Gasteiger charge is 2.38. The average Bonchev–Trinajstić information content (AvgIpc) is 2.33. The molecule has 1 aromatic rings. The van der Waals surface area contributed by atoms with Crippen LogP contribution in [0, 0.1) is 12.8 Å². The van der Waals surface area contributed by atoms with Crippen molar-refractivity contribution in [3.8, 4) is 5.75 Å². The Kier molecular flexibility index (Phi) is 2.66. The van der Waals surface area contributed by atoms with Crippen LogP contribution in [0.15, 0.2) is 6.33 Å². The third-order valence-electron chi connectivity index (χ3n) is 3.87. The third-order valence-corrected chi connectivity index (χ3v) is 3.87. The Bertz CT molecular complexity index is 491. The van der Waals surface area contributed by atoms with E-state index in [0.717, 1.165) is 26.1 Å². The van der Waals surface area contributed by atoms with E-state index in [-0.39, 0.29) is 17.4 Å². The fourth-order valence-electron chi connectivity index (χ4n) is 2.61. The number of carbonyl (C=O) groups excluding carboxylic acids is 1. The van der Waals surface area contributed by atoms with Crippen molar-refractivity contribution >= 4 is 5.91 Å². The number of nitrogens with one attached hydrogen (secondary N) is 1. The molecule has 2 atom stereocenters. The summed E-state index contributed by atoms with van der Waals surface area (Å²) < 4.78 is 0. The van der Waals surface area contributed by atoms with Crippen LogP contribution in [0.1, 0.15) is 22.6 Å². The lowest BCUT2D eigenvalue weighted by atomic mass is 9.85. The SMILES string of the molecule is Cc1ncnc(C(=O)N2CCC3NCC3C2)c1O. The molecule has 2 unspecified atom stereocenters. The molecule has 0 radical (unpaired) electrons. The van der Waals surface area contributed by atoms with E-state index in [1.165, 1.54) is 6.33 Å². The molecule has 1 amide bonds. The van der Waals surface area contributed by atoms with Gasteiger partial charge in [0.15, 0.2) is 11.4 Å². The van der Waals surface area contributed by atoms with E-state index in [1.54, 1.807) is 11.8 Å². The molecule has 0 spiro atoms. The van der Waals surface area contributed by atoms with Crippen molar-refractivity contribution in [1.82, 2.24) is 20.2 Å². The first-order valence-electron chi connectivity index (χ1n) is 6.20. The number of aromatic nitrogens is 2. The standard InChI is InChI=1S/C12H16N4O2/c1-7-11(17)10(15-6-14-7)12(18)16-3-2-9-8(5-16)4-13-9/h6,8-9,13,17H,2-5H2,1H3. The van der Waals surface area contributed by atoms with Gasteiger partial charge in [0.1, 0.15) is 6.33 Å². The van der Waals surface area contributed by atoms with Crippen LogP contribution in [0.25, 0.3) is 0 Å². The molecular formula is C12H16N4O2.